The molecule has 1 amide bonds. The van der Waals surface area contributed by atoms with Crippen molar-refractivity contribution in [1.29, 1.82) is 0 Å². The molecule has 0 bridgehead atoms. The summed E-state index contributed by atoms with van der Waals surface area (Å²) in [5.41, 5.74) is 2.02. The van der Waals surface area contributed by atoms with Crippen LogP contribution in [-0.4, -0.2) is 36.7 Å². The number of amides is 1. The molecule has 0 radical (unpaired) electrons. The lowest BCUT2D eigenvalue weighted by Crippen LogP contribution is -2.35. The van der Waals surface area contributed by atoms with Crippen molar-refractivity contribution < 1.29 is 13.6 Å². The van der Waals surface area contributed by atoms with Gasteiger partial charge in [0.2, 0.25) is 12.8 Å². The third-order valence-electron chi connectivity index (χ3n) is 1.76. The van der Waals surface area contributed by atoms with E-state index in [1.165, 1.54) is 0 Å². The number of halogens is 2. The van der Waals surface area contributed by atoms with Crippen LogP contribution >= 0.6 is 0 Å². The topological polar surface area (TPSA) is 44.7 Å². The fraction of sp³-hybridized carbons (Fsp3) is 0.750. The van der Waals surface area contributed by atoms with Crippen LogP contribution in [0.25, 0.3) is 0 Å². The van der Waals surface area contributed by atoms with Crippen molar-refractivity contribution in [2.75, 3.05) is 7.05 Å². The van der Waals surface area contributed by atoms with Crippen LogP contribution in [-0.2, 0) is 4.79 Å². The highest BCUT2D eigenvalue weighted by Crippen LogP contribution is 2.06. The first kappa shape index (κ1) is 12.8. The van der Waals surface area contributed by atoms with Gasteiger partial charge in [-0.25, -0.2) is 14.2 Å². The molecule has 0 aromatic carbocycles. The normalized spacial score (nSPS) is 12.1. The second-order valence-corrected chi connectivity index (χ2v) is 3.07. The maximum atomic E-state index is 12.1. The van der Waals surface area contributed by atoms with Gasteiger partial charge in [0, 0.05) is 13.1 Å². The summed E-state index contributed by atoms with van der Waals surface area (Å²) in [7, 11) is 1.65. The highest BCUT2D eigenvalue weighted by Gasteiger charge is 2.15. The molecule has 0 saturated carbocycles. The maximum absolute atomic E-state index is 12.1. The number of amidine groups is 1. The van der Waals surface area contributed by atoms with Gasteiger partial charge in [0.15, 0.2) is 0 Å². The highest BCUT2D eigenvalue weighted by molar-refractivity contribution is 5.83. The fourth-order valence-corrected chi connectivity index (χ4v) is 0.805. The summed E-state index contributed by atoms with van der Waals surface area (Å²) in [6.45, 7) is 3.70. The maximum Gasteiger partial charge on any atom is 0.245 e. The van der Waals surface area contributed by atoms with Crippen molar-refractivity contribution in [3.05, 3.63) is 0 Å². The summed E-state index contributed by atoms with van der Waals surface area (Å²) in [6.07, 6.45) is -2.58. The molecule has 4 nitrogen and oxygen atoms in total. The van der Waals surface area contributed by atoms with Crippen LogP contribution in [0.2, 0.25) is 0 Å². The third-order valence-corrected chi connectivity index (χ3v) is 1.76. The molecule has 0 rings (SSSR count). The molecule has 14 heavy (non-hydrogen) atoms. The van der Waals surface area contributed by atoms with Crippen LogP contribution in [0.15, 0.2) is 5.10 Å². The van der Waals surface area contributed by atoms with Gasteiger partial charge in [0.1, 0.15) is 5.84 Å². The largest absolute Gasteiger partial charge is 0.359 e. The number of hydrogen-bond donors (Lipinski definition) is 1. The summed E-state index contributed by atoms with van der Waals surface area (Å²) >= 11 is 0. The second-order valence-electron chi connectivity index (χ2n) is 3.07. The van der Waals surface area contributed by atoms with Gasteiger partial charge in [-0.2, -0.15) is 5.10 Å². The van der Waals surface area contributed by atoms with E-state index in [4.69, 9.17) is 0 Å². The fourth-order valence-electron chi connectivity index (χ4n) is 0.805. The number of hydrogen-bond acceptors (Lipinski definition) is 2. The first-order valence-corrected chi connectivity index (χ1v) is 4.25. The van der Waals surface area contributed by atoms with Crippen molar-refractivity contribution in [2.24, 2.45) is 5.10 Å². The van der Waals surface area contributed by atoms with Gasteiger partial charge in [-0.05, 0) is 13.8 Å². The van der Waals surface area contributed by atoms with Crippen molar-refractivity contribution in [1.82, 2.24) is 10.3 Å². The van der Waals surface area contributed by atoms with Gasteiger partial charge in [0.05, 0.1) is 6.42 Å². The monoisotopic (exact) mass is 207 g/mol. The number of rotatable bonds is 5. The number of carbonyl (C=O) groups is 1. The van der Waals surface area contributed by atoms with Crippen LogP contribution in [0.3, 0.4) is 0 Å². The van der Waals surface area contributed by atoms with Crippen LogP contribution in [0, 0.1) is 0 Å². The predicted octanol–water partition coefficient (Wildman–Crippen LogP) is 1.04. The average Bonchev–Trinajstić information content (AvgIpc) is 2.10. The summed E-state index contributed by atoms with van der Waals surface area (Å²) in [4.78, 5) is 11.5. The molecule has 0 aliphatic heterocycles. The number of nitrogens with zero attached hydrogens (tertiary/aromatic N) is 2. The minimum absolute atomic E-state index is 0.0564. The molecule has 0 saturated heterocycles. The van der Waals surface area contributed by atoms with Crippen molar-refractivity contribution in [3.63, 3.8) is 0 Å². The minimum atomic E-state index is -2.47. The molecule has 1 N–H and O–H groups in total. The predicted molar refractivity (Wildman–Crippen MR) is 50.2 cm³/mol. The van der Waals surface area contributed by atoms with E-state index in [0.717, 1.165) is 0 Å². The van der Waals surface area contributed by atoms with Gasteiger partial charge in [-0.15, -0.1) is 0 Å². The van der Waals surface area contributed by atoms with E-state index in [1.54, 1.807) is 11.9 Å². The summed E-state index contributed by atoms with van der Waals surface area (Å²) in [5.74, 6) is 0.169. The van der Waals surface area contributed by atoms with Crippen LogP contribution < -0.4 is 5.43 Å². The number of nitrogens with one attached hydrogen (secondary N) is 1. The molecule has 0 spiro atoms. The molecule has 0 fully saturated rings. The van der Waals surface area contributed by atoms with Gasteiger partial charge in [0.25, 0.3) is 0 Å². The Morgan fingerprint density at radius 2 is 2.14 bits per heavy atom. The van der Waals surface area contributed by atoms with Crippen LogP contribution in [0.5, 0.6) is 0 Å². The number of hydrazone groups is 1. The van der Waals surface area contributed by atoms with Gasteiger partial charge in [-0.3, -0.25) is 4.79 Å². The Hall–Kier alpha value is -1.20. The Labute approximate surface area is 82.0 Å². The van der Waals surface area contributed by atoms with Crippen molar-refractivity contribution >= 4 is 12.2 Å². The Morgan fingerprint density at radius 1 is 1.57 bits per heavy atom. The van der Waals surface area contributed by atoms with E-state index in [-0.39, 0.29) is 11.9 Å². The molecule has 0 unspecified atom stereocenters. The van der Waals surface area contributed by atoms with Crippen molar-refractivity contribution in [2.45, 2.75) is 32.7 Å². The minimum Gasteiger partial charge on any atom is -0.359 e. The van der Waals surface area contributed by atoms with E-state index in [2.05, 4.69) is 5.10 Å². The summed E-state index contributed by atoms with van der Waals surface area (Å²) < 4.78 is 24.2. The van der Waals surface area contributed by atoms with E-state index >= 15 is 0 Å². The Bertz CT molecular complexity index is 207. The first-order chi connectivity index (χ1) is 6.49. The Morgan fingerprint density at radius 3 is 2.50 bits per heavy atom. The van der Waals surface area contributed by atoms with E-state index in [9.17, 15) is 13.6 Å². The summed E-state index contributed by atoms with van der Waals surface area (Å²) in [6, 6.07) is 0.0564. The first-order valence-electron chi connectivity index (χ1n) is 4.25. The molecule has 0 aromatic rings. The van der Waals surface area contributed by atoms with E-state index in [0.29, 0.717) is 6.41 Å². The molecule has 0 aromatic heterocycles. The molecule has 0 aliphatic rings. The lowest BCUT2D eigenvalue weighted by Gasteiger charge is -2.24. The molecule has 0 atom stereocenters. The quantitative estimate of drug-likeness (QED) is 0.317. The average molecular weight is 207 g/mol. The molecular formula is C8H15F2N3O. The zero-order valence-corrected chi connectivity index (χ0v) is 8.50. The van der Waals surface area contributed by atoms with E-state index < -0.39 is 12.8 Å². The summed E-state index contributed by atoms with van der Waals surface area (Å²) in [5, 5.41) is 3.55. The SMILES string of the molecule is CC(C)N(C)/C(CC(F)F)=N\NC=O. The Balaban J connectivity index is 4.45. The molecule has 0 aliphatic carbocycles. The highest BCUT2D eigenvalue weighted by atomic mass is 19.3. The molecule has 6 heteroatoms. The molecule has 82 valence electrons. The van der Waals surface area contributed by atoms with Crippen LogP contribution in [0.4, 0.5) is 8.78 Å². The zero-order valence-electron chi connectivity index (χ0n) is 8.50. The molecular weight excluding hydrogens is 192 g/mol. The zero-order chi connectivity index (χ0) is 11.1. The second kappa shape index (κ2) is 6.28. The number of carbonyl (C=O) groups excluding carboxylic acids is 1. The van der Waals surface area contributed by atoms with Gasteiger partial charge in [-0.1, -0.05) is 0 Å². The third kappa shape index (κ3) is 4.74. The van der Waals surface area contributed by atoms with Crippen LogP contribution in [0.1, 0.15) is 20.3 Å². The van der Waals surface area contributed by atoms with Crippen molar-refractivity contribution in [3.8, 4) is 0 Å². The Kier molecular flexibility index (Phi) is 5.74. The molecule has 0 heterocycles. The van der Waals surface area contributed by atoms with Gasteiger partial charge >= 0.3 is 0 Å². The van der Waals surface area contributed by atoms with Gasteiger partial charge < -0.3 is 4.90 Å². The lowest BCUT2D eigenvalue weighted by atomic mass is 10.3. The lowest BCUT2D eigenvalue weighted by molar-refractivity contribution is -0.109. The standard InChI is InChI=1S/C8H15F2N3O/c1-6(2)13(3)8(4-7(9)10)12-11-5-14/h5-7H,4H2,1-3H3,(H,11,14)/b12-8-. The smallest absolute Gasteiger partial charge is 0.245 e. The number of alkyl halides is 2. The van der Waals surface area contributed by atoms with E-state index in [1.807, 2.05) is 19.3 Å².